The van der Waals surface area contributed by atoms with Gasteiger partial charge in [0.2, 0.25) is 5.91 Å². The van der Waals surface area contributed by atoms with Crippen LogP contribution in [-0.4, -0.2) is 71.4 Å². The van der Waals surface area contributed by atoms with E-state index in [0.717, 1.165) is 96.2 Å². The second kappa shape index (κ2) is 15.2. The molecular weight excluding hydrogens is 612 g/mol. The maximum absolute atomic E-state index is 14.2. The number of aliphatic hydroxyl groups is 1. The summed E-state index contributed by atoms with van der Waals surface area (Å²) >= 11 is 1.59. The van der Waals surface area contributed by atoms with Crippen LogP contribution in [0.25, 0.3) is 10.4 Å². The molecule has 3 heterocycles. The van der Waals surface area contributed by atoms with Crippen LogP contribution in [0.3, 0.4) is 0 Å². The van der Waals surface area contributed by atoms with Crippen molar-refractivity contribution < 1.29 is 24.2 Å². The molecule has 1 aromatic carbocycles. The molecule has 47 heavy (non-hydrogen) atoms. The number of amides is 2. The Morgan fingerprint density at radius 1 is 1.06 bits per heavy atom. The highest BCUT2D eigenvalue weighted by atomic mass is 32.1. The van der Waals surface area contributed by atoms with Crippen molar-refractivity contribution in [1.29, 1.82) is 0 Å². The summed E-state index contributed by atoms with van der Waals surface area (Å²) in [4.78, 5) is 40.5. The molecule has 2 aromatic heterocycles. The third-order valence-electron chi connectivity index (χ3n) is 10.2. The second-order valence-corrected chi connectivity index (χ2v) is 14.7. The highest BCUT2D eigenvalue weighted by Gasteiger charge is 2.32. The van der Waals surface area contributed by atoms with E-state index in [1.807, 2.05) is 32.2 Å². The molecule has 3 fully saturated rings. The molecule has 2 amide bonds. The van der Waals surface area contributed by atoms with Crippen molar-refractivity contribution in [3.63, 3.8) is 0 Å². The number of methoxy groups -OCH3 is 1. The van der Waals surface area contributed by atoms with Crippen LogP contribution in [-0.2, 0) is 9.53 Å². The molecule has 6 rings (SSSR count). The number of pyridine rings is 1. The number of hydrogen-bond donors (Lipinski definition) is 1. The number of carbonyl (C=O) groups excluding carboxylic acids is 2. The van der Waals surface area contributed by atoms with Crippen molar-refractivity contribution in [2.45, 2.75) is 89.6 Å². The molecule has 3 aromatic rings. The van der Waals surface area contributed by atoms with Crippen LogP contribution < -0.4 is 9.64 Å². The summed E-state index contributed by atoms with van der Waals surface area (Å²) in [6, 6.07) is 12.5. The number of aryl methyl sites for hydroxylation is 1. The Labute approximate surface area is 282 Å². The molecule has 3 aliphatic rings. The van der Waals surface area contributed by atoms with Crippen molar-refractivity contribution >= 4 is 29.0 Å². The molecule has 9 nitrogen and oxygen atoms in total. The zero-order chi connectivity index (χ0) is 32.9. The van der Waals surface area contributed by atoms with Crippen LogP contribution in [0.1, 0.15) is 92.9 Å². The quantitative estimate of drug-likeness (QED) is 0.243. The second-order valence-electron chi connectivity index (χ2n) is 13.7. The number of nitrogens with zero attached hydrogens (tertiary/aromatic N) is 4. The predicted molar refractivity (Wildman–Crippen MR) is 184 cm³/mol. The maximum atomic E-state index is 14.2. The average molecular weight is 661 g/mol. The summed E-state index contributed by atoms with van der Waals surface area (Å²) in [7, 11) is 1.69. The zero-order valence-corrected chi connectivity index (χ0v) is 28.7. The van der Waals surface area contributed by atoms with Crippen LogP contribution in [0.2, 0.25) is 0 Å². The van der Waals surface area contributed by atoms with Gasteiger partial charge in [-0.2, -0.15) is 0 Å². The molecule has 1 aliphatic heterocycles. The number of likely N-dealkylation sites (tertiary alicyclic amines) is 1. The number of anilines is 1. The third kappa shape index (κ3) is 7.97. The first kappa shape index (κ1) is 33.4. The minimum atomic E-state index is -0.451. The molecule has 0 radical (unpaired) electrons. The standard InChI is InChI=1S/C37H48N4O5S/c1-24(23-46-37(44)40-21-31(42)22-40)35-38-19-34(47-35)29-10-7-11-30(18-29)41(36(43)28-8-5-4-6-9-28)20-26-12-14-27(15-13-26)32-16-17-33(45-3)25(2)39-32/h7,10-11,16-19,24,26-28,31,42H,4-6,8-9,12-15,20-23H2,1-3H3. The first-order valence-corrected chi connectivity index (χ1v) is 18.1. The fourth-order valence-corrected chi connectivity index (χ4v) is 8.19. The average Bonchev–Trinajstić information content (AvgIpc) is 3.59. The van der Waals surface area contributed by atoms with Crippen LogP contribution in [0.4, 0.5) is 10.5 Å². The summed E-state index contributed by atoms with van der Waals surface area (Å²) in [5.41, 5.74) is 4.08. The van der Waals surface area contributed by atoms with Gasteiger partial charge in [-0.1, -0.05) is 38.3 Å². The normalized spacial score (nSPS) is 21.1. The number of β-amino-alcohol motifs (C(OH)–C–C–N with tert-alkyl or cyclic N) is 1. The smallest absolute Gasteiger partial charge is 0.409 e. The number of ether oxygens (including phenoxy) is 2. The van der Waals surface area contributed by atoms with Gasteiger partial charge in [-0.3, -0.25) is 9.78 Å². The van der Waals surface area contributed by atoms with E-state index in [4.69, 9.17) is 14.5 Å². The number of hydrogen-bond acceptors (Lipinski definition) is 8. The van der Waals surface area contributed by atoms with Crippen molar-refractivity contribution in [3.05, 3.63) is 59.0 Å². The Hall–Kier alpha value is -3.50. The Balaban J connectivity index is 1.13. The molecule has 1 atom stereocenters. The van der Waals surface area contributed by atoms with E-state index >= 15 is 0 Å². The molecular formula is C37H48N4O5S. The number of benzene rings is 1. The molecule has 252 valence electrons. The lowest BCUT2D eigenvalue weighted by molar-refractivity contribution is -0.123. The molecule has 0 spiro atoms. The van der Waals surface area contributed by atoms with Gasteiger partial charge >= 0.3 is 6.09 Å². The van der Waals surface area contributed by atoms with E-state index in [9.17, 15) is 14.7 Å². The number of aliphatic hydroxyl groups excluding tert-OH is 1. The van der Waals surface area contributed by atoms with Crippen molar-refractivity contribution in [2.24, 2.45) is 11.8 Å². The SMILES string of the molecule is COc1ccc(C2CCC(CN(C(=O)C3CCCCC3)c3cccc(-c4cnc(C(C)COC(=O)N5CC(O)C5)s4)c3)CC2)nc1C. The Morgan fingerprint density at radius 2 is 1.83 bits per heavy atom. The summed E-state index contributed by atoms with van der Waals surface area (Å²) in [6.07, 6.45) is 10.8. The summed E-state index contributed by atoms with van der Waals surface area (Å²) in [5.74, 6) is 2.02. The van der Waals surface area contributed by atoms with Gasteiger partial charge in [0.25, 0.3) is 0 Å². The third-order valence-corrected chi connectivity index (χ3v) is 11.4. The minimum absolute atomic E-state index is 0.0522. The van der Waals surface area contributed by atoms with E-state index in [1.165, 1.54) is 11.3 Å². The van der Waals surface area contributed by atoms with Gasteiger partial charge in [0, 0.05) is 41.9 Å². The fourth-order valence-electron chi connectivity index (χ4n) is 7.24. The minimum Gasteiger partial charge on any atom is -0.495 e. The number of carbonyl (C=O) groups is 2. The van der Waals surface area contributed by atoms with Gasteiger partial charge < -0.3 is 24.4 Å². The van der Waals surface area contributed by atoms with Crippen molar-refractivity contribution in [1.82, 2.24) is 14.9 Å². The van der Waals surface area contributed by atoms with Gasteiger partial charge in [-0.15, -0.1) is 11.3 Å². The highest BCUT2D eigenvalue weighted by Crippen LogP contribution is 2.39. The summed E-state index contributed by atoms with van der Waals surface area (Å²) < 4.78 is 10.9. The topological polar surface area (TPSA) is 105 Å². The first-order chi connectivity index (χ1) is 22.8. The Morgan fingerprint density at radius 3 is 2.53 bits per heavy atom. The van der Waals surface area contributed by atoms with Crippen molar-refractivity contribution in [3.8, 4) is 16.2 Å². The lowest BCUT2D eigenvalue weighted by Crippen LogP contribution is -2.53. The van der Waals surface area contributed by atoms with E-state index in [2.05, 4.69) is 34.1 Å². The first-order valence-electron chi connectivity index (χ1n) is 17.3. The van der Waals surface area contributed by atoms with Gasteiger partial charge in [0.15, 0.2) is 0 Å². The van der Waals surface area contributed by atoms with E-state index < -0.39 is 12.2 Å². The molecule has 10 heteroatoms. The molecule has 1 unspecified atom stereocenters. The Bertz CT molecular complexity index is 1520. The fraction of sp³-hybridized carbons (Fsp3) is 0.568. The lowest BCUT2D eigenvalue weighted by Gasteiger charge is -2.35. The molecule has 1 N–H and O–H groups in total. The maximum Gasteiger partial charge on any atom is 0.409 e. The van der Waals surface area contributed by atoms with E-state index in [-0.39, 0.29) is 24.3 Å². The summed E-state index contributed by atoms with van der Waals surface area (Å²) in [5, 5.41) is 10.3. The molecule has 0 bridgehead atoms. The van der Waals surface area contributed by atoms with E-state index in [0.29, 0.717) is 24.9 Å². The molecule has 2 saturated carbocycles. The zero-order valence-electron chi connectivity index (χ0n) is 27.9. The molecule has 1 saturated heterocycles. The molecule has 2 aliphatic carbocycles. The predicted octanol–water partition coefficient (Wildman–Crippen LogP) is 7.33. The van der Waals surface area contributed by atoms with Crippen LogP contribution >= 0.6 is 11.3 Å². The number of aromatic nitrogens is 2. The van der Waals surface area contributed by atoms with Crippen LogP contribution in [0, 0.1) is 18.8 Å². The van der Waals surface area contributed by atoms with Gasteiger partial charge in [0.1, 0.15) is 12.4 Å². The van der Waals surface area contributed by atoms with E-state index in [1.54, 1.807) is 18.4 Å². The summed E-state index contributed by atoms with van der Waals surface area (Å²) in [6.45, 7) is 5.64. The van der Waals surface area contributed by atoms with Crippen LogP contribution in [0.5, 0.6) is 5.75 Å². The lowest BCUT2D eigenvalue weighted by atomic mass is 9.79. The van der Waals surface area contributed by atoms with Crippen molar-refractivity contribution in [2.75, 3.05) is 38.3 Å². The van der Waals surface area contributed by atoms with Gasteiger partial charge in [-0.05, 0) is 81.2 Å². The Kier molecular flexibility index (Phi) is 10.8. The largest absolute Gasteiger partial charge is 0.495 e. The van der Waals surface area contributed by atoms with Gasteiger partial charge in [-0.25, -0.2) is 9.78 Å². The monoisotopic (exact) mass is 660 g/mol. The van der Waals surface area contributed by atoms with Crippen LogP contribution in [0.15, 0.2) is 42.6 Å². The number of rotatable bonds is 10. The van der Waals surface area contributed by atoms with Gasteiger partial charge in [0.05, 0.1) is 41.9 Å². The number of thiazole rings is 1. The highest BCUT2D eigenvalue weighted by molar-refractivity contribution is 7.15.